The van der Waals surface area contributed by atoms with Gasteiger partial charge in [0.25, 0.3) is 0 Å². The average molecular weight is 219 g/mol. The van der Waals surface area contributed by atoms with Crippen LogP contribution in [0.5, 0.6) is 0 Å². The van der Waals surface area contributed by atoms with Crippen LogP contribution in [-0.4, -0.2) is 29.2 Å². The highest BCUT2D eigenvalue weighted by molar-refractivity contribution is 5.80. The zero-order valence-corrected chi connectivity index (χ0v) is 9.56. The molecule has 0 N–H and O–H groups in total. The third kappa shape index (κ3) is 0.915. The quantitative estimate of drug-likeness (QED) is 0.578. The summed E-state index contributed by atoms with van der Waals surface area (Å²) in [5.74, 6) is 2.12. The van der Waals surface area contributed by atoms with Crippen molar-refractivity contribution in [2.45, 2.75) is 38.0 Å². The van der Waals surface area contributed by atoms with Gasteiger partial charge in [0.15, 0.2) is 0 Å². The van der Waals surface area contributed by atoms with Crippen LogP contribution in [0.2, 0.25) is 0 Å². The second-order valence-corrected chi connectivity index (χ2v) is 5.85. The molecule has 0 aromatic heterocycles. The summed E-state index contributed by atoms with van der Waals surface area (Å²) in [4.78, 5) is 14.1. The number of allylic oxidation sites excluding steroid dienone is 1. The van der Waals surface area contributed by atoms with Gasteiger partial charge in [0.2, 0.25) is 5.91 Å². The maximum absolute atomic E-state index is 12.1. The SMILES string of the molecule is C[C@]12CCC(=O)N1[C@H]1[C@@H](CO2)[C@@H]2C=C[C@H]1C2. The third-order valence-electron chi connectivity index (χ3n) is 5.04. The third-order valence-corrected chi connectivity index (χ3v) is 5.04. The second kappa shape index (κ2) is 2.70. The number of hydrogen-bond acceptors (Lipinski definition) is 2. The van der Waals surface area contributed by atoms with Crippen LogP contribution >= 0.6 is 0 Å². The fourth-order valence-corrected chi connectivity index (χ4v) is 4.25. The van der Waals surface area contributed by atoms with Crippen LogP contribution in [0.1, 0.15) is 26.2 Å². The molecule has 0 radical (unpaired) electrons. The molecule has 1 amide bonds. The predicted molar refractivity (Wildman–Crippen MR) is 58.5 cm³/mol. The van der Waals surface area contributed by atoms with Crippen LogP contribution < -0.4 is 0 Å². The van der Waals surface area contributed by atoms with Crippen molar-refractivity contribution in [1.29, 1.82) is 0 Å². The van der Waals surface area contributed by atoms with Gasteiger partial charge in [0.1, 0.15) is 5.72 Å². The summed E-state index contributed by atoms with van der Waals surface area (Å²) in [6.45, 7) is 2.93. The Morgan fingerprint density at radius 2 is 2.25 bits per heavy atom. The Morgan fingerprint density at radius 1 is 1.44 bits per heavy atom. The molecule has 2 saturated heterocycles. The van der Waals surface area contributed by atoms with Crippen molar-refractivity contribution < 1.29 is 9.53 Å². The van der Waals surface area contributed by atoms with Crippen molar-refractivity contribution in [1.82, 2.24) is 4.90 Å². The number of fused-ring (bicyclic) bond motifs is 7. The second-order valence-electron chi connectivity index (χ2n) is 5.85. The molecule has 3 nitrogen and oxygen atoms in total. The Morgan fingerprint density at radius 3 is 3.12 bits per heavy atom. The highest BCUT2D eigenvalue weighted by atomic mass is 16.5. The number of amides is 1. The normalized spacial score (nSPS) is 53.3. The van der Waals surface area contributed by atoms with Gasteiger partial charge >= 0.3 is 0 Å². The molecule has 2 aliphatic carbocycles. The lowest BCUT2D eigenvalue weighted by Gasteiger charge is -2.49. The number of ether oxygens (including phenoxy) is 1. The number of rotatable bonds is 0. The number of carbonyl (C=O) groups is 1. The number of nitrogens with zero attached hydrogens (tertiary/aromatic N) is 1. The first kappa shape index (κ1) is 9.23. The molecule has 1 saturated carbocycles. The van der Waals surface area contributed by atoms with Crippen LogP contribution in [0.3, 0.4) is 0 Å². The minimum atomic E-state index is -0.295. The van der Waals surface area contributed by atoms with Crippen molar-refractivity contribution in [3.63, 3.8) is 0 Å². The van der Waals surface area contributed by atoms with E-state index in [0.717, 1.165) is 13.0 Å². The van der Waals surface area contributed by atoms with Crippen LogP contribution in [0, 0.1) is 17.8 Å². The van der Waals surface area contributed by atoms with Gasteiger partial charge in [-0.2, -0.15) is 0 Å². The van der Waals surface area contributed by atoms with E-state index in [9.17, 15) is 4.79 Å². The first-order valence-corrected chi connectivity index (χ1v) is 6.33. The minimum absolute atomic E-state index is 0.295. The van der Waals surface area contributed by atoms with E-state index < -0.39 is 0 Å². The van der Waals surface area contributed by atoms with Crippen LogP contribution in [0.25, 0.3) is 0 Å². The van der Waals surface area contributed by atoms with E-state index in [1.165, 1.54) is 6.42 Å². The summed E-state index contributed by atoms with van der Waals surface area (Å²) >= 11 is 0. The molecule has 0 spiro atoms. The fraction of sp³-hybridized carbons (Fsp3) is 0.769. The highest BCUT2D eigenvalue weighted by Gasteiger charge is 2.58. The Kier molecular flexibility index (Phi) is 1.56. The Hall–Kier alpha value is -0.830. The highest BCUT2D eigenvalue weighted by Crippen LogP contribution is 2.53. The molecule has 2 aliphatic heterocycles. The number of hydrogen-bond donors (Lipinski definition) is 0. The van der Waals surface area contributed by atoms with E-state index in [0.29, 0.717) is 36.1 Å². The molecule has 3 heteroatoms. The monoisotopic (exact) mass is 219 g/mol. The Balaban J connectivity index is 1.77. The van der Waals surface area contributed by atoms with Gasteiger partial charge < -0.3 is 9.64 Å². The van der Waals surface area contributed by atoms with E-state index >= 15 is 0 Å². The Bertz CT molecular complexity index is 391. The predicted octanol–water partition coefficient (Wildman–Crippen LogP) is 1.55. The lowest BCUT2D eigenvalue weighted by atomic mass is 9.86. The van der Waals surface area contributed by atoms with Crippen molar-refractivity contribution >= 4 is 5.91 Å². The molecular weight excluding hydrogens is 202 g/mol. The summed E-state index contributed by atoms with van der Waals surface area (Å²) in [5.41, 5.74) is -0.295. The largest absolute Gasteiger partial charge is 0.355 e. The maximum Gasteiger partial charge on any atom is 0.225 e. The fourth-order valence-electron chi connectivity index (χ4n) is 4.25. The first-order valence-electron chi connectivity index (χ1n) is 6.33. The summed E-state index contributed by atoms with van der Waals surface area (Å²) in [6.07, 6.45) is 7.43. The van der Waals surface area contributed by atoms with Crippen LogP contribution in [-0.2, 0) is 9.53 Å². The van der Waals surface area contributed by atoms with Gasteiger partial charge in [-0.3, -0.25) is 4.79 Å². The molecule has 86 valence electrons. The van der Waals surface area contributed by atoms with Gasteiger partial charge in [-0.05, 0) is 25.2 Å². The topological polar surface area (TPSA) is 29.5 Å². The molecule has 4 aliphatic rings. The van der Waals surface area contributed by atoms with Gasteiger partial charge in [0, 0.05) is 24.8 Å². The minimum Gasteiger partial charge on any atom is -0.355 e. The van der Waals surface area contributed by atoms with Gasteiger partial charge in [-0.25, -0.2) is 0 Å². The van der Waals surface area contributed by atoms with Gasteiger partial charge in [0.05, 0.1) is 6.61 Å². The molecule has 2 heterocycles. The van der Waals surface area contributed by atoms with Crippen molar-refractivity contribution in [3.05, 3.63) is 12.2 Å². The molecule has 16 heavy (non-hydrogen) atoms. The molecule has 5 atom stereocenters. The molecule has 2 bridgehead atoms. The van der Waals surface area contributed by atoms with E-state index in [-0.39, 0.29) is 5.72 Å². The van der Waals surface area contributed by atoms with Crippen molar-refractivity contribution in [3.8, 4) is 0 Å². The summed E-state index contributed by atoms with van der Waals surface area (Å²) in [6, 6.07) is 0.434. The summed E-state index contributed by atoms with van der Waals surface area (Å²) < 4.78 is 6.00. The van der Waals surface area contributed by atoms with E-state index in [1.54, 1.807) is 0 Å². The van der Waals surface area contributed by atoms with Crippen molar-refractivity contribution in [2.24, 2.45) is 17.8 Å². The molecule has 4 rings (SSSR count). The molecular formula is C13H17NO2. The standard InChI is InChI=1S/C13H17NO2/c1-13-5-4-11(15)14(13)12-9-3-2-8(6-9)10(12)7-16-13/h2-3,8-10,12H,4-7H2,1H3/t8-,9+,10+,12-,13+/m1/s1. The molecule has 3 fully saturated rings. The summed E-state index contributed by atoms with van der Waals surface area (Å²) in [7, 11) is 0. The zero-order chi connectivity index (χ0) is 10.9. The molecule has 0 aromatic rings. The zero-order valence-electron chi connectivity index (χ0n) is 9.56. The molecule has 0 unspecified atom stereocenters. The van der Waals surface area contributed by atoms with Crippen LogP contribution in [0.4, 0.5) is 0 Å². The lowest BCUT2D eigenvalue weighted by molar-refractivity contribution is -0.203. The van der Waals surface area contributed by atoms with Crippen molar-refractivity contribution in [2.75, 3.05) is 6.61 Å². The summed E-state index contributed by atoms with van der Waals surface area (Å²) in [5, 5.41) is 0. The van der Waals surface area contributed by atoms with Gasteiger partial charge in [-0.1, -0.05) is 12.2 Å². The molecule has 0 aromatic carbocycles. The first-order chi connectivity index (χ1) is 7.69. The van der Waals surface area contributed by atoms with E-state index in [2.05, 4.69) is 24.0 Å². The average Bonchev–Trinajstić information content (AvgIpc) is 2.92. The van der Waals surface area contributed by atoms with Gasteiger partial charge in [-0.15, -0.1) is 0 Å². The van der Waals surface area contributed by atoms with Crippen LogP contribution in [0.15, 0.2) is 12.2 Å². The van der Waals surface area contributed by atoms with E-state index in [4.69, 9.17) is 4.74 Å². The Labute approximate surface area is 95.4 Å². The maximum atomic E-state index is 12.1. The number of carbonyl (C=O) groups excluding carboxylic acids is 1. The smallest absolute Gasteiger partial charge is 0.225 e. The van der Waals surface area contributed by atoms with E-state index in [1.807, 2.05) is 0 Å². The lowest BCUT2D eigenvalue weighted by Crippen LogP contribution is -2.60.